The molecular formula is C24H20ClN3O3S2. The zero-order valence-corrected chi connectivity index (χ0v) is 20.6. The van der Waals surface area contributed by atoms with E-state index in [0.717, 1.165) is 21.9 Å². The molecule has 1 amide bonds. The van der Waals surface area contributed by atoms with Gasteiger partial charge in [0.25, 0.3) is 5.91 Å². The van der Waals surface area contributed by atoms with E-state index in [4.69, 9.17) is 16.0 Å². The Morgan fingerprint density at radius 3 is 2.61 bits per heavy atom. The van der Waals surface area contributed by atoms with Crippen LogP contribution in [0.2, 0.25) is 5.02 Å². The van der Waals surface area contributed by atoms with Crippen molar-refractivity contribution >= 4 is 56.7 Å². The number of fused-ring (bicyclic) bond motifs is 2. The molecule has 4 aromatic rings. The van der Waals surface area contributed by atoms with Gasteiger partial charge in [-0.3, -0.25) is 14.5 Å². The fourth-order valence-electron chi connectivity index (χ4n) is 4.02. The number of anilines is 1. The average molecular weight is 498 g/mol. The third-order valence-electron chi connectivity index (χ3n) is 5.51. The molecule has 1 aliphatic rings. The van der Waals surface area contributed by atoms with E-state index < -0.39 is 11.9 Å². The number of aromatic nitrogens is 2. The van der Waals surface area contributed by atoms with Crippen LogP contribution in [-0.2, 0) is 6.42 Å². The van der Waals surface area contributed by atoms with E-state index in [1.807, 2.05) is 30.5 Å². The normalized spacial score (nSPS) is 15.6. The molecule has 0 unspecified atom stereocenters. The molecule has 0 fully saturated rings. The highest BCUT2D eigenvalue weighted by molar-refractivity contribution is 7.98. The first-order valence-corrected chi connectivity index (χ1v) is 12.9. The fourth-order valence-corrected chi connectivity index (χ4v) is 5.68. The van der Waals surface area contributed by atoms with Crippen molar-refractivity contribution in [2.45, 2.75) is 31.2 Å². The van der Waals surface area contributed by atoms with Crippen molar-refractivity contribution < 1.29 is 9.21 Å². The monoisotopic (exact) mass is 497 g/mol. The maximum absolute atomic E-state index is 13.6. The van der Waals surface area contributed by atoms with Gasteiger partial charge in [0.2, 0.25) is 10.9 Å². The van der Waals surface area contributed by atoms with Crippen LogP contribution >= 0.6 is 34.7 Å². The van der Waals surface area contributed by atoms with Gasteiger partial charge in [0, 0.05) is 16.3 Å². The number of nitrogens with zero attached hydrogens (tertiary/aromatic N) is 3. The summed E-state index contributed by atoms with van der Waals surface area (Å²) in [6, 6.07) is 12.0. The van der Waals surface area contributed by atoms with Crippen LogP contribution in [0.25, 0.3) is 11.0 Å². The second-order valence-corrected chi connectivity index (χ2v) is 10.6. The summed E-state index contributed by atoms with van der Waals surface area (Å²) in [6.07, 6.45) is 2.76. The number of thioether (sulfide) groups is 1. The number of benzene rings is 2. The molecule has 0 aliphatic carbocycles. The molecular weight excluding hydrogens is 478 g/mol. The zero-order chi connectivity index (χ0) is 23.3. The van der Waals surface area contributed by atoms with Crippen molar-refractivity contribution in [2.75, 3.05) is 11.2 Å². The number of halogens is 1. The number of carbonyl (C=O) groups is 1. The second-order valence-electron chi connectivity index (χ2n) is 8.24. The van der Waals surface area contributed by atoms with Gasteiger partial charge in [-0.25, -0.2) is 0 Å². The zero-order valence-electron chi connectivity index (χ0n) is 18.2. The Bertz CT molecular complexity index is 1430. The van der Waals surface area contributed by atoms with Gasteiger partial charge in [-0.2, -0.15) is 0 Å². The number of hydrogen-bond donors (Lipinski definition) is 0. The van der Waals surface area contributed by atoms with Gasteiger partial charge in [0.1, 0.15) is 10.6 Å². The molecule has 0 N–H and O–H groups in total. The molecule has 2 aromatic carbocycles. The first kappa shape index (κ1) is 22.1. The van der Waals surface area contributed by atoms with Gasteiger partial charge in [0.05, 0.1) is 17.0 Å². The van der Waals surface area contributed by atoms with E-state index in [1.54, 1.807) is 30.0 Å². The van der Waals surface area contributed by atoms with E-state index in [9.17, 15) is 9.59 Å². The van der Waals surface area contributed by atoms with Gasteiger partial charge in [-0.05, 0) is 48.1 Å². The Kier molecular flexibility index (Phi) is 5.76. The SMILES string of the molecule is CSc1ccc([C@H]2c3c(oc4ccc(Cl)cc4c3=O)C(=O)N2c2nnc(CC(C)C)s2)cc1. The molecule has 9 heteroatoms. The van der Waals surface area contributed by atoms with E-state index >= 15 is 0 Å². The van der Waals surface area contributed by atoms with Crippen LogP contribution in [-0.4, -0.2) is 22.4 Å². The van der Waals surface area contributed by atoms with Crippen molar-refractivity contribution in [3.8, 4) is 0 Å². The van der Waals surface area contributed by atoms with Gasteiger partial charge in [-0.15, -0.1) is 22.0 Å². The highest BCUT2D eigenvalue weighted by atomic mass is 35.5. The lowest BCUT2D eigenvalue weighted by Gasteiger charge is -2.22. The van der Waals surface area contributed by atoms with Gasteiger partial charge < -0.3 is 4.42 Å². The van der Waals surface area contributed by atoms with Crippen molar-refractivity contribution in [1.29, 1.82) is 0 Å². The maximum Gasteiger partial charge on any atom is 0.297 e. The summed E-state index contributed by atoms with van der Waals surface area (Å²) in [5.74, 6) is 0.0463. The molecule has 0 saturated carbocycles. The van der Waals surface area contributed by atoms with E-state index in [2.05, 4.69) is 24.0 Å². The van der Waals surface area contributed by atoms with Crippen molar-refractivity contribution in [3.05, 3.63) is 79.6 Å². The van der Waals surface area contributed by atoms with E-state index in [0.29, 0.717) is 32.6 Å². The lowest BCUT2D eigenvalue weighted by atomic mass is 9.99. The summed E-state index contributed by atoms with van der Waals surface area (Å²) in [6.45, 7) is 4.21. The first-order valence-electron chi connectivity index (χ1n) is 10.4. The summed E-state index contributed by atoms with van der Waals surface area (Å²) >= 11 is 9.14. The lowest BCUT2D eigenvalue weighted by Crippen LogP contribution is -2.29. The number of amides is 1. The molecule has 168 valence electrons. The molecule has 0 saturated heterocycles. The smallest absolute Gasteiger partial charge is 0.297 e. The summed E-state index contributed by atoms with van der Waals surface area (Å²) in [4.78, 5) is 29.8. The average Bonchev–Trinajstić information content (AvgIpc) is 3.36. The van der Waals surface area contributed by atoms with Crippen LogP contribution < -0.4 is 10.3 Å². The Morgan fingerprint density at radius 1 is 1.15 bits per heavy atom. The van der Waals surface area contributed by atoms with Gasteiger partial charge in [-0.1, -0.05) is 48.9 Å². The predicted octanol–water partition coefficient (Wildman–Crippen LogP) is 5.97. The summed E-state index contributed by atoms with van der Waals surface area (Å²) in [5.41, 5.74) is 1.16. The minimum absolute atomic E-state index is 0.0365. The summed E-state index contributed by atoms with van der Waals surface area (Å²) in [7, 11) is 0. The standard InChI is InChI=1S/C24H20ClN3O3S2/c1-12(2)10-18-26-27-24(33-18)28-20(13-4-7-15(32-3)8-5-13)19-21(29)16-11-14(25)6-9-17(16)31-22(19)23(28)30/h4-9,11-12,20H,10H2,1-3H3/t20-/m0/s1. The third-order valence-corrected chi connectivity index (χ3v) is 7.43. The van der Waals surface area contributed by atoms with Crippen LogP contribution in [0.5, 0.6) is 0 Å². The van der Waals surface area contributed by atoms with Crippen molar-refractivity contribution in [2.24, 2.45) is 5.92 Å². The van der Waals surface area contributed by atoms with Crippen LogP contribution in [0, 0.1) is 5.92 Å². The quantitative estimate of drug-likeness (QED) is 0.316. The molecule has 6 nitrogen and oxygen atoms in total. The molecule has 3 heterocycles. The minimum Gasteiger partial charge on any atom is -0.450 e. The largest absolute Gasteiger partial charge is 0.450 e. The molecule has 0 bridgehead atoms. The Morgan fingerprint density at radius 2 is 1.91 bits per heavy atom. The molecule has 0 radical (unpaired) electrons. The number of rotatable bonds is 5. The van der Waals surface area contributed by atoms with Crippen molar-refractivity contribution in [3.63, 3.8) is 0 Å². The number of hydrogen-bond acceptors (Lipinski definition) is 7. The van der Waals surface area contributed by atoms with Crippen LogP contribution in [0.4, 0.5) is 5.13 Å². The highest BCUT2D eigenvalue weighted by Crippen LogP contribution is 2.42. The van der Waals surface area contributed by atoms with Crippen LogP contribution in [0.15, 0.2) is 56.6 Å². The molecule has 1 atom stereocenters. The van der Waals surface area contributed by atoms with Crippen LogP contribution in [0.3, 0.4) is 0 Å². The van der Waals surface area contributed by atoms with E-state index in [-0.39, 0.29) is 11.2 Å². The van der Waals surface area contributed by atoms with E-state index in [1.165, 1.54) is 16.2 Å². The molecule has 33 heavy (non-hydrogen) atoms. The minimum atomic E-state index is -0.664. The topological polar surface area (TPSA) is 76.3 Å². The summed E-state index contributed by atoms with van der Waals surface area (Å²) in [5, 5.41) is 10.7. The highest BCUT2D eigenvalue weighted by Gasteiger charge is 2.45. The summed E-state index contributed by atoms with van der Waals surface area (Å²) < 4.78 is 5.97. The van der Waals surface area contributed by atoms with Gasteiger partial charge in [0.15, 0.2) is 5.43 Å². The molecule has 1 aliphatic heterocycles. The lowest BCUT2D eigenvalue weighted by molar-refractivity contribution is 0.0970. The molecule has 2 aromatic heterocycles. The predicted molar refractivity (Wildman–Crippen MR) is 133 cm³/mol. The Balaban J connectivity index is 1.73. The Labute approximate surface area is 203 Å². The Hall–Kier alpha value is -2.68. The third kappa shape index (κ3) is 3.86. The van der Waals surface area contributed by atoms with Gasteiger partial charge >= 0.3 is 0 Å². The molecule has 5 rings (SSSR count). The van der Waals surface area contributed by atoms with Crippen molar-refractivity contribution in [1.82, 2.24) is 10.2 Å². The fraction of sp³-hybridized carbons (Fsp3) is 0.250. The van der Waals surface area contributed by atoms with Crippen LogP contribution in [0.1, 0.15) is 46.6 Å². The number of carbonyl (C=O) groups excluding carboxylic acids is 1. The first-order chi connectivity index (χ1) is 15.9. The maximum atomic E-state index is 13.6. The molecule has 0 spiro atoms. The second kappa shape index (κ2) is 8.59.